The van der Waals surface area contributed by atoms with Gasteiger partial charge >= 0.3 is 0 Å². The molecule has 0 unspecified atom stereocenters. The van der Waals surface area contributed by atoms with Gasteiger partial charge < -0.3 is 19.7 Å². The molecule has 0 atom stereocenters. The molecule has 2 fully saturated rings. The minimum Gasteiger partial charge on any atom is -0.336 e. The number of carbonyl (C=O) groups excluding carboxylic acids is 1. The third-order valence-corrected chi connectivity index (χ3v) is 8.84. The number of halogens is 3. The lowest BCUT2D eigenvalue weighted by Gasteiger charge is -2.44. The topological polar surface area (TPSA) is 50.8 Å². The van der Waals surface area contributed by atoms with Crippen LogP contribution in [0.3, 0.4) is 0 Å². The standard InChI is InChI=1S/C38H31F3N2O3/c39-30-25-31(40)33(34(41)32(30)35(44)43-23-21-42-22-24-43)36-45-37(26-13-5-1-6-14-26,27-15-7-2-8-16-27)38(46-36,28-17-9-3-10-18-28)29-19-11-4-12-20-29/h1-20,25,36,42H,21-24H2. The molecule has 1 N–H and O–H groups in total. The average Bonchev–Trinajstić information content (AvgIpc) is 3.47. The van der Waals surface area contributed by atoms with E-state index in [2.05, 4.69) is 5.32 Å². The van der Waals surface area contributed by atoms with Gasteiger partial charge in [-0.05, 0) is 22.3 Å². The molecule has 2 heterocycles. The normalized spacial score (nSPS) is 17.6. The van der Waals surface area contributed by atoms with E-state index < -0.39 is 52.0 Å². The zero-order valence-corrected chi connectivity index (χ0v) is 24.8. The van der Waals surface area contributed by atoms with Gasteiger partial charge in [-0.3, -0.25) is 4.79 Å². The summed E-state index contributed by atoms with van der Waals surface area (Å²) in [6, 6.07) is 38.0. The van der Waals surface area contributed by atoms with Crippen LogP contribution in [0.25, 0.3) is 0 Å². The van der Waals surface area contributed by atoms with Crippen LogP contribution >= 0.6 is 0 Å². The van der Waals surface area contributed by atoms with Gasteiger partial charge in [0.1, 0.15) is 23.0 Å². The van der Waals surface area contributed by atoms with Crippen molar-refractivity contribution in [3.05, 3.63) is 178 Å². The summed E-state index contributed by atoms with van der Waals surface area (Å²) >= 11 is 0. The maximum Gasteiger partial charge on any atom is 0.259 e. The average molecular weight is 621 g/mol. The zero-order valence-electron chi connectivity index (χ0n) is 24.8. The summed E-state index contributed by atoms with van der Waals surface area (Å²) in [5.74, 6) is -4.71. The first-order chi connectivity index (χ1) is 22.5. The number of nitrogens with one attached hydrogen (secondary N) is 1. The first-order valence-electron chi connectivity index (χ1n) is 15.2. The summed E-state index contributed by atoms with van der Waals surface area (Å²) in [5, 5.41) is 3.11. The molecule has 2 aliphatic rings. The lowest BCUT2D eigenvalue weighted by molar-refractivity contribution is -0.0946. The number of amides is 1. The van der Waals surface area contributed by atoms with Crippen LogP contribution in [0.2, 0.25) is 0 Å². The highest BCUT2D eigenvalue weighted by molar-refractivity contribution is 5.95. The monoisotopic (exact) mass is 620 g/mol. The van der Waals surface area contributed by atoms with Crippen molar-refractivity contribution in [3.63, 3.8) is 0 Å². The fourth-order valence-corrected chi connectivity index (χ4v) is 6.78. The fourth-order valence-electron chi connectivity index (χ4n) is 6.78. The van der Waals surface area contributed by atoms with E-state index in [1.54, 1.807) is 0 Å². The minimum atomic E-state index is -1.70. The van der Waals surface area contributed by atoms with Gasteiger partial charge in [0.05, 0.1) is 5.56 Å². The van der Waals surface area contributed by atoms with E-state index in [9.17, 15) is 4.79 Å². The molecule has 5 nitrogen and oxygen atoms in total. The Labute approximate surface area is 265 Å². The molecule has 0 bridgehead atoms. The Hall–Kier alpha value is -4.76. The van der Waals surface area contributed by atoms with E-state index in [1.807, 2.05) is 121 Å². The van der Waals surface area contributed by atoms with Crippen LogP contribution < -0.4 is 5.32 Å². The largest absolute Gasteiger partial charge is 0.336 e. The fraction of sp³-hybridized carbons (Fsp3) is 0.184. The molecule has 1 amide bonds. The van der Waals surface area contributed by atoms with Crippen molar-refractivity contribution in [1.29, 1.82) is 0 Å². The smallest absolute Gasteiger partial charge is 0.259 e. The van der Waals surface area contributed by atoms with Gasteiger partial charge in [0.25, 0.3) is 5.91 Å². The van der Waals surface area contributed by atoms with Crippen LogP contribution in [0.5, 0.6) is 0 Å². The number of nitrogens with zero attached hydrogens (tertiary/aromatic N) is 1. The van der Waals surface area contributed by atoms with Gasteiger partial charge in [-0.2, -0.15) is 0 Å². The Bertz CT molecular complexity index is 1660. The predicted molar refractivity (Wildman–Crippen MR) is 167 cm³/mol. The van der Waals surface area contributed by atoms with E-state index in [4.69, 9.17) is 9.47 Å². The van der Waals surface area contributed by atoms with Crippen LogP contribution in [0.1, 0.15) is 44.5 Å². The number of piperazine rings is 1. The third-order valence-electron chi connectivity index (χ3n) is 8.84. The Kier molecular flexibility index (Phi) is 7.94. The van der Waals surface area contributed by atoms with Crippen molar-refractivity contribution < 1.29 is 27.4 Å². The Morgan fingerprint density at radius 1 is 0.630 bits per heavy atom. The Morgan fingerprint density at radius 3 is 1.41 bits per heavy atom. The van der Waals surface area contributed by atoms with Crippen molar-refractivity contribution in [2.75, 3.05) is 26.2 Å². The molecule has 7 rings (SSSR count). The van der Waals surface area contributed by atoms with Crippen LogP contribution in [0.4, 0.5) is 13.2 Å². The minimum absolute atomic E-state index is 0.261. The SMILES string of the molecule is O=C(c1c(F)cc(F)c(C2OC(c3ccccc3)(c3ccccc3)C(c3ccccc3)(c3ccccc3)O2)c1F)N1CCNCC1. The van der Waals surface area contributed by atoms with Gasteiger partial charge in [0.2, 0.25) is 0 Å². The Balaban J connectivity index is 1.52. The molecular weight excluding hydrogens is 589 g/mol. The van der Waals surface area contributed by atoms with Crippen molar-refractivity contribution in [2.24, 2.45) is 0 Å². The highest BCUT2D eigenvalue weighted by atomic mass is 19.1. The molecule has 0 spiro atoms. The number of hydrogen-bond donors (Lipinski definition) is 1. The van der Waals surface area contributed by atoms with E-state index >= 15 is 13.2 Å². The summed E-state index contributed by atoms with van der Waals surface area (Å²) < 4.78 is 61.9. The van der Waals surface area contributed by atoms with Crippen LogP contribution in [-0.4, -0.2) is 37.0 Å². The zero-order chi connectivity index (χ0) is 31.7. The molecule has 8 heteroatoms. The van der Waals surface area contributed by atoms with Gasteiger partial charge in [0, 0.05) is 32.2 Å². The molecule has 46 heavy (non-hydrogen) atoms. The van der Waals surface area contributed by atoms with Crippen molar-refractivity contribution >= 4 is 5.91 Å². The van der Waals surface area contributed by atoms with Gasteiger partial charge in [-0.15, -0.1) is 0 Å². The third kappa shape index (κ3) is 4.72. The second kappa shape index (κ2) is 12.2. The highest BCUT2D eigenvalue weighted by Gasteiger charge is 2.65. The maximum atomic E-state index is 16.7. The summed E-state index contributed by atoms with van der Waals surface area (Å²) in [6.45, 7) is 1.48. The molecule has 0 radical (unpaired) electrons. The molecule has 0 aliphatic carbocycles. The molecular formula is C38H31F3N2O3. The number of benzene rings is 5. The van der Waals surface area contributed by atoms with Crippen molar-refractivity contribution in [1.82, 2.24) is 10.2 Å². The Morgan fingerprint density at radius 2 is 1.02 bits per heavy atom. The molecule has 5 aromatic rings. The highest BCUT2D eigenvalue weighted by Crippen LogP contribution is 2.62. The molecule has 2 saturated heterocycles. The van der Waals surface area contributed by atoms with Gasteiger partial charge in [0.15, 0.2) is 17.5 Å². The van der Waals surface area contributed by atoms with Crippen molar-refractivity contribution in [2.45, 2.75) is 17.5 Å². The van der Waals surface area contributed by atoms with Crippen molar-refractivity contribution in [3.8, 4) is 0 Å². The van der Waals surface area contributed by atoms with Crippen LogP contribution in [0.15, 0.2) is 127 Å². The molecule has 5 aromatic carbocycles. The maximum absolute atomic E-state index is 16.7. The lowest BCUT2D eigenvalue weighted by atomic mass is 9.66. The number of rotatable bonds is 6. The first-order valence-corrected chi connectivity index (χ1v) is 15.2. The predicted octanol–water partition coefficient (Wildman–Crippen LogP) is 7.08. The second-order valence-electron chi connectivity index (χ2n) is 11.4. The van der Waals surface area contributed by atoms with Crippen LogP contribution in [0, 0.1) is 17.5 Å². The summed E-state index contributed by atoms with van der Waals surface area (Å²) in [5.41, 5.74) is -1.89. The quantitative estimate of drug-likeness (QED) is 0.221. The molecule has 232 valence electrons. The van der Waals surface area contributed by atoms with E-state index in [-0.39, 0.29) is 13.1 Å². The summed E-state index contributed by atoms with van der Waals surface area (Å²) in [4.78, 5) is 14.8. The van der Waals surface area contributed by atoms with E-state index in [1.165, 1.54) is 4.90 Å². The number of carbonyl (C=O) groups is 1. The van der Waals surface area contributed by atoms with Gasteiger partial charge in [-0.25, -0.2) is 13.2 Å². The molecule has 0 saturated carbocycles. The summed E-state index contributed by atoms with van der Waals surface area (Å²) in [7, 11) is 0. The van der Waals surface area contributed by atoms with Crippen LogP contribution in [-0.2, 0) is 20.7 Å². The number of ether oxygens (including phenoxy) is 2. The molecule has 2 aliphatic heterocycles. The second-order valence-corrected chi connectivity index (χ2v) is 11.4. The molecule has 0 aromatic heterocycles. The first kappa shape index (κ1) is 29.9. The van der Waals surface area contributed by atoms with E-state index in [0.717, 1.165) is 0 Å². The number of hydrogen-bond acceptors (Lipinski definition) is 4. The lowest BCUT2D eigenvalue weighted by Crippen LogP contribution is -2.48. The summed E-state index contributed by atoms with van der Waals surface area (Å²) in [6.07, 6.45) is -1.70. The van der Waals surface area contributed by atoms with E-state index in [0.29, 0.717) is 41.4 Å². The van der Waals surface area contributed by atoms with Gasteiger partial charge in [-0.1, -0.05) is 121 Å².